The molecule has 2 N–H and O–H groups in total. The number of phenols is 1. The lowest BCUT2D eigenvalue weighted by molar-refractivity contribution is 0.134. The highest BCUT2D eigenvalue weighted by Crippen LogP contribution is 2.37. The summed E-state index contributed by atoms with van der Waals surface area (Å²) in [5, 5.41) is 23.0. The molecule has 0 bridgehead atoms. The summed E-state index contributed by atoms with van der Waals surface area (Å²) in [6.45, 7) is 3.12. The van der Waals surface area contributed by atoms with E-state index in [2.05, 4.69) is 27.5 Å². The lowest BCUT2D eigenvalue weighted by Gasteiger charge is -2.30. The van der Waals surface area contributed by atoms with Gasteiger partial charge in [0.05, 0.1) is 13.2 Å². The quantitative estimate of drug-likeness (QED) is 0.876. The van der Waals surface area contributed by atoms with E-state index in [0.717, 1.165) is 36.5 Å². The monoisotopic (exact) mass is 360 g/mol. The van der Waals surface area contributed by atoms with Gasteiger partial charge in [-0.25, -0.2) is 0 Å². The fourth-order valence-electron chi connectivity index (χ4n) is 3.59. The summed E-state index contributed by atoms with van der Waals surface area (Å²) in [4.78, 5) is 2.32. The minimum Gasteiger partial charge on any atom is -0.507 e. The standard InChI is InChI=1S/C18H21ClN4O2/c1-23-6-2-3-12(8-23)20-18-15-10-25-9-14(15)17(21-22-18)13-5-4-11(19)7-16(13)24/h4-5,7,12,24H,2-3,6,8-10H2,1H3,(H,20,22)/t12-/m1/s1. The zero-order valence-corrected chi connectivity index (χ0v) is 14.9. The lowest BCUT2D eigenvalue weighted by Crippen LogP contribution is -2.40. The van der Waals surface area contributed by atoms with Crippen molar-refractivity contribution < 1.29 is 9.84 Å². The maximum atomic E-state index is 10.2. The van der Waals surface area contributed by atoms with Crippen LogP contribution < -0.4 is 5.32 Å². The Hall–Kier alpha value is -1.89. The van der Waals surface area contributed by atoms with Crippen LogP contribution in [0.3, 0.4) is 0 Å². The van der Waals surface area contributed by atoms with Crippen LogP contribution in [0.4, 0.5) is 5.82 Å². The fraction of sp³-hybridized carbons (Fsp3) is 0.444. The number of hydrogen-bond acceptors (Lipinski definition) is 6. The van der Waals surface area contributed by atoms with Crippen molar-refractivity contribution in [2.45, 2.75) is 32.1 Å². The molecular formula is C18H21ClN4O2. The van der Waals surface area contributed by atoms with E-state index in [1.165, 1.54) is 12.5 Å². The molecule has 1 fully saturated rings. The zero-order valence-electron chi connectivity index (χ0n) is 14.1. The molecule has 4 rings (SSSR count). The van der Waals surface area contributed by atoms with Crippen molar-refractivity contribution in [3.8, 4) is 17.0 Å². The van der Waals surface area contributed by atoms with E-state index in [1.807, 2.05) is 0 Å². The van der Waals surface area contributed by atoms with E-state index in [9.17, 15) is 5.11 Å². The van der Waals surface area contributed by atoms with Crippen LogP contribution in [0.2, 0.25) is 5.02 Å². The Morgan fingerprint density at radius 2 is 2.12 bits per heavy atom. The van der Waals surface area contributed by atoms with Crippen molar-refractivity contribution >= 4 is 17.4 Å². The van der Waals surface area contributed by atoms with Crippen molar-refractivity contribution in [1.29, 1.82) is 0 Å². The van der Waals surface area contributed by atoms with Crippen molar-refractivity contribution in [3.05, 3.63) is 34.3 Å². The Kier molecular flexibility index (Phi) is 4.50. The van der Waals surface area contributed by atoms with Crippen LogP contribution in [0.15, 0.2) is 18.2 Å². The van der Waals surface area contributed by atoms with Crippen LogP contribution in [0.1, 0.15) is 24.0 Å². The first-order valence-corrected chi connectivity index (χ1v) is 8.90. The number of likely N-dealkylation sites (tertiary alicyclic amines) is 1. The number of benzene rings is 1. The van der Waals surface area contributed by atoms with Gasteiger partial charge in [-0.2, -0.15) is 0 Å². The van der Waals surface area contributed by atoms with Gasteiger partial charge in [-0.05, 0) is 44.6 Å². The van der Waals surface area contributed by atoms with E-state index in [1.54, 1.807) is 12.1 Å². The van der Waals surface area contributed by atoms with Crippen LogP contribution in [-0.4, -0.2) is 46.4 Å². The van der Waals surface area contributed by atoms with Gasteiger partial charge in [-0.3, -0.25) is 0 Å². The largest absolute Gasteiger partial charge is 0.507 e. The normalized spacial score (nSPS) is 20.5. The molecule has 1 aromatic carbocycles. The Labute approximate surface area is 151 Å². The summed E-state index contributed by atoms with van der Waals surface area (Å²) in [5.41, 5.74) is 3.31. The molecule has 2 aliphatic rings. The number of aromatic nitrogens is 2. The molecule has 3 heterocycles. The average Bonchev–Trinajstić information content (AvgIpc) is 3.06. The third kappa shape index (κ3) is 3.29. The number of nitrogens with zero attached hydrogens (tertiary/aromatic N) is 3. The third-order valence-corrected chi connectivity index (χ3v) is 5.09. The van der Waals surface area contributed by atoms with E-state index in [-0.39, 0.29) is 5.75 Å². The Morgan fingerprint density at radius 3 is 2.92 bits per heavy atom. The minimum absolute atomic E-state index is 0.102. The highest BCUT2D eigenvalue weighted by Gasteiger charge is 2.26. The lowest BCUT2D eigenvalue weighted by atomic mass is 10.0. The number of piperidine rings is 1. The molecule has 1 saturated heterocycles. The number of ether oxygens (including phenoxy) is 1. The number of phenolic OH excluding ortho intramolecular Hbond substituents is 1. The fourth-order valence-corrected chi connectivity index (χ4v) is 3.75. The molecule has 1 aromatic heterocycles. The van der Waals surface area contributed by atoms with Crippen LogP contribution in [0, 0.1) is 0 Å². The van der Waals surface area contributed by atoms with Gasteiger partial charge in [0.2, 0.25) is 0 Å². The van der Waals surface area contributed by atoms with E-state index < -0.39 is 0 Å². The predicted octanol–water partition coefficient (Wildman–Crippen LogP) is 3.04. The Balaban J connectivity index is 1.67. The Bertz CT molecular complexity index is 799. The van der Waals surface area contributed by atoms with Crippen LogP contribution in [-0.2, 0) is 18.0 Å². The molecular weight excluding hydrogens is 340 g/mol. The minimum atomic E-state index is 0.102. The maximum absolute atomic E-state index is 10.2. The van der Waals surface area contributed by atoms with Gasteiger partial charge < -0.3 is 20.1 Å². The van der Waals surface area contributed by atoms with Gasteiger partial charge in [0.25, 0.3) is 0 Å². The molecule has 0 aliphatic carbocycles. The van der Waals surface area contributed by atoms with Gasteiger partial charge in [-0.1, -0.05) is 11.6 Å². The first kappa shape index (κ1) is 16.6. The first-order chi connectivity index (χ1) is 12.1. The molecule has 6 nitrogen and oxygen atoms in total. The summed E-state index contributed by atoms with van der Waals surface area (Å²) in [5.74, 6) is 0.899. The van der Waals surface area contributed by atoms with Crippen molar-refractivity contribution in [1.82, 2.24) is 15.1 Å². The topological polar surface area (TPSA) is 70.5 Å². The predicted molar refractivity (Wildman–Crippen MR) is 96.8 cm³/mol. The van der Waals surface area contributed by atoms with Crippen molar-refractivity contribution in [2.24, 2.45) is 0 Å². The molecule has 0 saturated carbocycles. The summed E-state index contributed by atoms with van der Waals surface area (Å²) in [6.07, 6.45) is 2.30. The van der Waals surface area contributed by atoms with Crippen LogP contribution in [0.5, 0.6) is 5.75 Å². The SMILES string of the molecule is CN1CCC[C@@H](Nc2nnc(-c3ccc(Cl)cc3O)c3c2COC3)C1. The van der Waals surface area contributed by atoms with Crippen molar-refractivity contribution in [3.63, 3.8) is 0 Å². The second kappa shape index (κ2) is 6.78. The van der Waals surface area contributed by atoms with E-state index in [4.69, 9.17) is 16.3 Å². The number of rotatable bonds is 3. The number of halogens is 1. The van der Waals surface area contributed by atoms with Crippen molar-refractivity contribution in [2.75, 3.05) is 25.5 Å². The molecule has 2 aliphatic heterocycles. The van der Waals surface area contributed by atoms with Crippen LogP contribution >= 0.6 is 11.6 Å². The number of hydrogen-bond donors (Lipinski definition) is 2. The first-order valence-electron chi connectivity index (χ1n) is 8.52. The van der Waals surface area contributed by atoms with Gasteiger partial charge in [0, 0.05) is 34.3 Å². The highest BCUT2D eigenvalue weighted by atomic mass is 35.5. The van der Waals surface area contributed by atoms with E-state index in [0.29, 0.717) is 35.5 Å². The highest BCUT2D eigenvalue weighted by molar-refractivity contribution is 6.30. The molecule has 2 aromatic rings. The molecule has 0 unspecified atom stereocenters. The summed E-state index contributed by atoms with van der Waals surface area (Å²) in [7, 11) is 2.14. The van der Waals surface area contributed by atoms with E-state index >= 15 is 0 Å². The zero-order chi connectivity index (χ0) is 17.4. The second-order valence-electron chi connectivity index (χ2n) is 6.75. The summed E-state index contributed by atoms with van der Waals surface area (Å²) < 4.78 is 5.65. The molecule has 7 heteroatoms. The van der Waals surface area contributed by atoms with Gasteiger partial charge in [0.1, 0.15) is 11.4 Å². The molecule has 0 amide bonds. The number of likely N-dealkylation sites (N-methyl/N-ethyl adjacent to an activating group) is 1. The summed E-state index contributed by atoms with van der Waals surface area (Å²) >= 11 is 5.93. The summed E-state index contributed by atoms with van der Waals surface area (Å²) in [6, 6.07) is 5.39. The average molecular weight is 361 g/mol. The molecule has 0 spiro atoms. The smallest absolute Gasteiger partial charge is 0.154 e. The van der Waals surface area contributed by atoms with Crippen LogP contribution in [0.25, 0.3) is 11.3 Å². The van der Waals surface area contributed by atoms with Gasteiger partial charge in [0.15, 0.2) is 5.82 Å². The Morgan fingerprint density at radius 1 is 1.28 bits per heavy atom. The molecule has 25 heavy (non-hydrogen) atoms. The number of aromatic hydroxyl groups is 1. The number of fused-ring (bicyclic) bond motifs is 1. The number of anilines is 1. The molecule has 0 radical (unpaired) electrons. The number of nitrogens with one attached hydrogen (secondary N) is 1. The maximum Gasteiger partial charge on any atom is 0.154 e. The second-order valence-corrected chi connectivity index (χ2v) is 7.19. The van der Waals surface area contributed by atoms with Gasteiger partial charge in [-0.15, -0.1) is 10.2 Å². The molecule has 1 atom stereocenters. The molecule has 132 valence electrons. The van der Waals surface area contributed by atoms with Gasteiger partial charge >= 0.3 is 0 Å². The third-order valence-electron chi connectivity index (χ3n) is 4.86.